The molecule has 92 valence electrons. The molecule has 1 heterocycles. The summed E-state index contributed by atoms with van der Waals surface area (Å²) in [5.74, 6) is 0.341. The van der Waals surface area contributed by atoms with Gasteiger partial charge >= 0.3 is 0 Å². The first-order valence-corrected chi connectivity index (χ1v) is 7.63. The quantitative estimate of drug-likeness (QED) is 0.816. The molecule has 2 aliphatic rings. The van der Waals surface area contributed by atoms with Crippen LogP contribution in [-0.2, 0) is 4.79 Å². The molecule has 4 heteroatoms. The Kier molecular flexibility index (Phi) is 4.14. The summed E-state index contributed by atoms with van der Waals surface area (Å²) < 4.78 is 0. The summed E-state index contributed by atoms with van der Waals surface area (Å²) in [5, 5.41) is 4.00. The van der Waals surface area contributed by atoms with Crippen LogP contribution < -0.4 is 5.32 Å². The van der Waals surface area contributed by atoms with Gasteiger partial charge in [-0.3, -0.25) is 10.1 Å². The molecule has 0 radical (unpaired) electrons. The minimum atomic E-state index is 0.0908. The molecule has 0 bridgehead atoms. The van der Waals surface area contributed by atoms with E-state index in [0.717, 1.165) is 19.5 Å². The van der Waals surface area contributed by atoms with Gasteiger partial charge in [-0.25, -0.2) is 0 Å². The third kappa shape index (κ3) is 2.23. The van der Waals surface area contributed by atoms with E-state index in [-0.39, 0.29) is 6.04 Å². The number of hydrogen-bond donors (Lipinski definition) is 1. The molecule has 0 spiro atoms. The van der Waals surface area contributed by atoms with Gasteiger partial charge in [-0.15, -0.1) is 0 Å². The minimum absolute atomic E-state index is 0.0908. The zero-order chi connectivity index (χ0) is 11.5. The van der Waals surface area contributed by atoms with Crippen molar-refractivity contribution in [3.8, 4) is 0 Å². The molecule has 0 aromatic heterocycles. The highest BCUT2D eigenvalue weighted by atomic mass is 32.2. The van der Waals surface area contributed by atoms with Crippen LogP contribution in [0.4, 0.5) is 0 Å². The van der Waals surface area contributed by atoms with Gasteiger partial charge in [-0.1, -0.05) is 19.8 Å². The van der Waals surface area contributed by atoms with E-state index >= 15 is 0 Å². The first-order valence-electron chi connectivity index (χ1n) is 6.34. The molecule has 0 aromatic carbocycles. The fourth-order valence-corrected chi connectivity index (χ4v) is 3.91. The van der Waals surface area contributed by atoms with E-state index in [1.54, 1.807) is 0 Å². The van der Waals surface area contributed by atoms with E-state index in [1.807, 2.05) is 11.8 Å². The molecule has 16 heavy (non-hydrogen) atoms. The van der Waals surface area contributed by atoms with Crippen LogP contribution in [0.15, 0.2) is 0 Å². The summed E-state index contributed by atoms with van der Waals surface area (Å²) >= 11 is 1.92. The summed E-state index contributed by atoms with van der Waals surface area (Å²) in [5.41, 5.74) is 0. The standard InChI is InChI=1S/C12H22N2OS/c1-3-5-9-12(15)14(8-13-9)10-6-4-7-11(10)16-2/h9-11,13H,3-8H2,1-2H3. The number of thioether (sulfide) groups is 1. The van der Waals surface area contributed by atoms with Crippen molar-refractivity contribution >= 4 is 17.7 Å². The summed E-state index contributed by atoms with van der Waals surface area (Å²) in [6.45, 7) is 2.91. The van der Waals surface area contributed by atoms with E-state index in [4.69, 9.17) is 0 Å². The molecule has 2 fully saturated rings. The Hall–Kier alpha value is -0.220. The third-order valence-electron chi connectivity index (χ3n) is 3.79. The topological polar surface area (TPSA) is 32.3 Å². The van der Waals surface area contributed by atoms with Gasteiger partial charge < -0.3 is 4.90 Å². The monoisotopic (exact) mass is 242 g/mol. The number of nitrogens with one attached hydrogen (secondary N) is 1. The lowest BCUT2D eigenvalue weighted by atomic mass is 10.1. The fourth-order valence-electron chi connectivity index (χ4n) is 2.91. The van der Waals surface area contributed by atoms with E-state index in [2.05, 4.69) is 23.4 Å². The van der Waals surface area contributed by atoms with Gasteiger partial charge in [0.2, 0.25) is 5.91 Å². The van der Waals surface area contributed by atoms with Crippen LogP contribution in [-0.4, -0.2) is 41.1 Å². The Morgan fingerprint density at radius 3 is 3.00 bits per heavy atom. The molecule has 3 unspecified atom stereocenters. The van der Waals surface area contributed by atoms with E-state index in [0.29, 0.717) is 17.2 Å². The van der Waals surface area contributed by atoms with Crippen LogP contribution in [0.2, 0.25) is 0 Å². The van der Waals surface area contributed by atoms with Crippen LogP contribution in [0, 0.1) is 0 Å². The first-order chi connectivity index (χ1) is 7.77. The number of carbonyl (C=O) groups is 1. The van der Waals surface area contributed by atoms with Crippen molar-refractivity contribution in [3.05, 3.63) is 0 Å². The SMILES string of the molecule is CCCC1NCN(C2CCCC2SC)C1=O. The van der Waals surface area contributed by atoms with Gasteiger partial charge in [-0.2, -0.15) is 11.8 Å². The van der Waals surface area contributed by atoms with Gasteiger partial charge in [0.25, 0.3) is 0 Å². The molecule has 3 atom stereocenters. The minimum Gasteiger partial charge on any atom is -0.324 e. The van der Waals surface area contributed by atoms with Crippen LogP contribution in [0.5, 0.6) is 0 Å². The van der Waals surface area contributed by atoms with Crippen molar-refractivity contribution in [2.45, 2.75) is 56.4 Å². The Morgan fingerprint density at radius 1 is 1.50 bits per heavy atom. The maximum atomic E-state index is 12.2. The summed E-state index contributed by atoms with van der Waals surface area (Å²) in [4.78, 5) is 14.3. The first kappa shape index (κ1) is 12.2. The molecule has 1 amide bonds. The average Bonchev–Trinajstić information content (AvgIpc) is 2.87. The van der Waals surface area contributed by atoms with Crippen LogP contribution in [0.25, 0.3) is 0 Å². The summed E-state index contributed by atoms with van der Waals surface area (Å²) in [6.07, 6.45) is 7.96. The lowest BCUT2D eigenvalue weighted by molar-refractivity contribution is -0.130. The molecular weight excluding hydrogens is 220 g/mol. The molecule has 1 saturated carbocycles. The lowest BCUT2D eigenvalue weighted by Gasteiger charge is -2.28. The molecule has 1 N–H and O–H groups in total. The Bertz CT molecular complexity index is 259. The highest BCUT2D eigenvalue weighted by molar-refractivity contribution is 7.99. The van der Waals surface area contributed by atoms with Gasteiger partial charge in [0.05, 0.1) is 12.7 Å². The van der Waals surface area contributed by atoms with Gasteiger partial charge in [-0.05, 0) is 25.5 Å². The summed E-state index contributed by atoms with van der Waals surface area (Å²) in [6, 6.07) is 0.574. The van der Waals surface area contributed by atoms with E-state index in [1.165, 1.54) is 19.3 Å². The Morgan fingerprint density at radius 2 is 2.31 bits per heavy atom. The van der Waals surface area contributed by atoms with Crippen LogP contribution in [0.1, 0.15) is 39.0 Å². The van der Waals surface area contributed by atoms with Gasteiger partial charge in [0, 0.05) is 11.3 Å². The molecule has 1 aliphatic carbocycles. The average molecular weight is 242 g/mol. The normalized spacial score (nSPS) is 35.0. The number of nitrogens with zero attached hydrogens (tertiary/aromatic N) is 1. The molecule has 2 rings (SSSR count). The highest BCUT2D eigenvalue weighted by Gasteiger charge is 2.39. The molecule has 3 nitrogen and oxygen atoms in total. The second-order valence-electron chi connectivity index (χ2n) is 4.78. The largest absolute Gasteiger partial charge is 0.324 e. The molecule has 1 aliphatic heterocycles. The zero-order valence-corrected chi connectivity index (χ0v) is 11.1. The maximum Gasteiger partial charge on any atom is 0.241 e. The molecule has 1 saturated heterocycles. The van der Waals surface area contributed by atoms with Crippen molar-refractivity contribution < 1.29 is 4.79 Å². The lowest BCUT2D eigenvalue weighted by Crippen LogP contribution is -2.41. The second kappa shape index (κ2) is 5.41. The number of rotatable bonds is 4. The van der Waals surface area contributed by atoms with Crippen molar-refractivity contribution in [2.75, 3.05) is 12.9 Å². The summed E-state index contributed by atoms with van der Waals surface area (Å²) in [7, 11) is 0. The Balaban J connectivity index is 1.98. The van der Waals surface area contributed by atoms with Crippen LogP contribution in [0.3, 0.4) is 0 Å². The fraction of sp³-hybridized carbons (Fsp3) is 0.917. The van der Waals surface area contributed by atoms with Crippen molar-refractivity contribution in [1.29, 1.82) is 0 Å². The van der Waals surface area contributed by atoms with Gasteiger partial charge in [0.15, 0.2) is 0 Å². The molecule has 0 aromatic rings. The highest BCUT2D eigenvalue weighted by Crippen LogP contribution is 2.33. The van der Waals surface area contributed by atoms with E-state index in [9.17, 15) is 4.79 Å². The van der Waals surface area contributed by atoms with Crippen molar-refractivity contribution in [3.63, 3.8) is 0 Å². The smallest absolute Gasteiger partial charge is 0.241 e. The van der Waals surface area contributed by atoms with Crippen LogP contribution >= 0.6 is 11.8 Å². The zero-order valence-electron chi connectivity index (χ0n) is 10.2. The number of carbonyl (C=O) groups excluding carboxylic acids is 1. The van der Waals surface area contributed by atoms with E-state index < -0.39 is 0 Å². The molecular formula is C12H22N2OS. The second-order valence-corrected chi connectivity index (χ2v) is 5.86. The third-order valence-corrected chi connectivity index (χ3v) is 4.94. The Labute approximate surface area is 102 Å². The van der Waals surface area contributed by atoms with Crippen molar-refractivity contribution in [2.24, 2.45) is 0 Å². The number of hydrogen-bond acceptors (Lipinski definition) is 3. The van der Waals surface area contributed by atoms with Crippen molar-refractivity contribution in [1.82, 2.24) is 10.2 Å². The van der Waals surface area contributed by atoms with Gasteiger partial charge in [0.1, 0.15) is 0 Å². The predicted octanol–water partition coefficient (Wildman–Crippen LogP) is 1.83. The number of amides is 1. The maximum absolute atomic E-state index is 12.2. The predicted molar refractivity (Wildman–Crippen MR) is 68.5 cm³/mol.